The van der Waals surface area contributed by atoms with Gasteiger partial charge in [0.05, 0.1) is 13.0 Å². The van der Waals surface area contributed by atoms with Gasteiger partial charge in [-0.25, -0.2) is 14.6 Å². The van der Waals surface area contributed by atoms with E-state index in [0.717, 1.165) is 10.9 Å². The van der Waals surface area contributed by atoms with Gasteiger partial charge in [0.15, 0.2) is 6.23 Å². The molecule has 2 saturated heterocycles. The Morgan fingerprint density at radius 1 is 1.00 bits per heavy atom. The number of hydrogen-bond acceptors (Lipinski definition) is 16. The fourth-order valence-electron chi connectivity index (χ4n) is 5.14. The van der Waals surface area contributed by atoms with Crippen molar-refractivity contribution in [1.82, 2.24) is 35.8 Å². The molecular formula is C32H48N8O11S2. The van der Waals surface area contributed by atoms with Crippen LogP contribution in [0.4, 0.5) is 5.95 Å². The number of nitrogens with zero attached hydrogens (tertiary/aromatic N) is 3. The van der Waals surface area contributed by atoms with Crippen LogP contribution in [-0.4, -0.2) is 120 Å². The van der Waals surface area contributed by atoms with Crippen LogP contribution in [0.5, 0.6) is 0 Å². The minimum Gasteiger partial charge on any atom is -0.456 e. The third kappa shape index (κ3) is 12.3. The van der Waals surface area contributed by atoms with Crippen LogP contribution in [0.2, 0.25) is 0 Å². The third-order valence-electron chi connectivity index (χ3n) is 8.12. The number of nitrogens with one attached hydrogen (secondary N) is 4. The largest absolute Gasteiger partial charge is 0.456 e. The Hall–Kier alpha value is -4.02. The zero-order chi connectivity index (χ0) is 39.4. The first kappa shape index (κ1) is 43.4. The number of carbonyl (C=O) groups excluding carboxylic acids is 5. The molecule has 4 heterocycles. The van der Waals surface area contributed by atoms with E-state index in [-0.39, 0.29) is 35.7 Å². The fraction of sp³-hybridized carbons (Fsp3) is 0.625. The highest BCUT2D eigenvalue weighted by atomic mass is 33.1. The molecule has 0 saturated carbocycles. The molecule has 1 aromatic rings. The molecule has 0 spiro atoms. The molecule has 294 valence electrons. The molecule has 4 amide bonds. The summed E-state index contributed by atoms with van der Waals surface area (Å²) in [4.78, 5) is 83.6. The number of nitrogens with two attached hydrogens (primary N) is 1. The van der Waals surface area contributed by atoms with E-state index in [1.165, 1.54) is 27.7 Å². The Bertz CT molecular complexity index is 1590. The van der Waals surface area contributed by atoms with Crippen LogP contribution >= 0.6 is 21.6 Å². The van der Waals surface area contributed by atoms with Crippen LogP contribution in [0.1, 0.15) is 53.7 Å². The first-order valence-electron chi connectivity index (χ1n) is 16.9. The lowest BCUT2D eigenvalue weighted by molar-refractivity contribution is -0.153. The second-order valence-electron chi connectivity index (χ2n) is 12.9. The molecule has 1 aromatic heterocycles. The molecule has 0 aromatic carbocycles. The Balaban J connectivity index is 0.000000368. The average molecular weight is 785 g/mol. The summed E-state index contributed by atoms with van der Waals surface area (Å²) in [5, 5.41) is 38.8. The van der Waals surface area contributed by atoms with Gasteiger partial charge in [-0.15, -0.1) is 0 Å². The summed E-state index contributed by atoms with van der Waals surface area (Å²) >= 11 is 0. The van der Waals surface area contributed by atoms with Crippen molar-refractivity contribution in [2.45, 2.75) is 96.2 Å². The van der Waals surface area contributed by atoms with Crippen molar-refractivity contribution in [3.05, 3.63) is 40.7 Å². The van der Waals surface area contributed by atoms with Crippen molar-refractivity contribution in [2.75, 3.05) is 23.8 Å². The number of aromatic nitrogens is 3. The van der Waals surface area contributed by atoms with Gasteiger partial charge in [0, 0.05) is 11.5 Å². The van der Waals surface area contributed by atoms with Crippen LogP contribution in [0, 0.1) is 11.8 Å². The van der Waals surface area contributed by atoms with Crippen molar-refractivity contribution in [3.8, 4) is 0 Å². The number of allylic oxidation sites excluding steroid dienone is 2. The van der Waals surface area contributed by atoms with E-state index < -0.39 is 90.7 Å². The lowest BCUT2D eigenvalue weighted by atomic mass is 10.0. The molecule has 53 heavy (non-hydrogen) atoms. The lowest BCUT2D eigenvalue weighted by Gasteiger charge is -2.27. The first-order valence-corrected chi connectivity index (χ1v) is 19.4. The third-order valence-corrected chi connectivity index (χ3v) is 10.6. The van der Waals surface area contributed by atoms with Crippen LogP contribution in [-0.2, 0) is 33.4 Å². The Morgan fingerprint density at radius 3 is 2.30 bits per heavy atom. The molecule has 3 aliphatic rings. The van der Waals surface area contributed by atoms with E-state index in [9.17, 15) is 39.0 Å². The number of aliphatic hydroxyl groups is 3. The Morgan fingerprint density at radius 2 is 1.70 bits per heavy atom. The van der Waals surface area contributed by atoms with Crippen molar-refractivity contribution in [1.29, 1.82) is 0 Å². The summed E-state index contributed by atoms with van der Waals surface area (Å²) < 4.78 is 11.7. The van der Waals surface area contributed by atoms with Crippen LogP contribution in [0.25, 0.3) is 0 Å². The van der Waals surface area contributed by atoms with E-state index >= 15 is 0 Å². The quantitative estimate of drug-likeness (QED) is 0.0728. The maximum absolute atomic E-state index is 13.2. The van der Waals surface area contributed by atoms with Gasteiger partial charge in [-0.05, 0) is 31.3 Å². The summed E-state index contributed by atoms with van der Waals surface area (Å²) in [5.74, 6) is -2.74. The second-order valence-corrected chi connectivity index (χ2v) is 15.5. The molecular weight excluding hydrogens is 737 g/mol. The predicted octanol–water partition coefficient (Wildman–Crippen LogP) is -1.74. The van der Waals surface area contributed by atoms with Gasteiger partial charge >= 0.3 is 11.7 Å². The summed E-state index contributed by atoms with van der Waals surface area (Å²) in [6.07, 6.45) is 0.834. The fourth-order valence-corrected chi connectivity index (χ4v) is 7.30. The zero-order valence-corrected chi connectivity index (χ0v) is 31.6. The molecule has 0 radical (unpaired) electrons. The van der Waals surface area contributed by atoms with E-state index in [1.54, 1.807) is 40.7 Å². The molecule has 3 aliphatic heterocycles. The maximum atomic E-state index is 13.2. The summed E-state index contributed by atoms with van der Waals surface area (Å²) in [6, 6.07) is -2.86. The SMILES string of the molecule is C/C=C1\NC(=O)[C@H]2CSSCC/C=C/[C@H](CC(=O)N[C@H](C(C)C)C(=O)N2)OC(=O)[C@H](C(C)C)NC1=O.Nc1ncn([C@@H]2O[C@H](CO)[C@@H](O)[C@H]2O)c(=O)n1. The minimum atomic E-state index is -1.35. The van der Waals surface area contributed by atoms with Gasteiger partial charge in [-0.3, -0.25) is 23.7 Å². The molecule has 21 heteroatoms. The number of esters is 1. The molecule has 19 nitrogen and oxygen atoms in total. The highest BCUT2D eigenvalue weighted by molar-refractivity contribution is 8.76. The molecule has 8 atom stereocenters. The van der Waals surface area contributed by atoms with Gasteiger partial charge in [0.25, 0.3) is 5.91 Å². The monoisotopic (exact) mass is 784 g/mol. The second kappa shape index (κ2) is 20.4. The van der Waals surface area contributed by atoms with Gasteiger partial charge in [-0.2, -0.15) is 4.98 Å². The number of amides is 4. The zero-order valence-electron chi connectivity index (χ0n) is 30.0. The standard InChI is InChI=1S/C24H36N4O6S2.C8H12N4O5/c1-6-16-21(30)28-20(14(4)5)24(33)34-15-9-7-8-10-35-36-12-17(22(31)25-16)26-23(32)19(13(2)3)27-18(29)11-15;9-7-10-2-12(8(16)11-7)6-5(15)4(14)3(1-13)17-6/h6-7,9,13-15,17,19-20H,8,10-12H2,1-5H3,(H,25,31)(H,26,32)(H,27,29)(H,28,30);2-6,13-15H,1H2,(H2,9,11,16)/b9-7+,16-6-;/t15-,17-,19-,20+;3-,4-,5-,6-/m11/s1. The maximum Gasteiger partial charge on any atom is 0.354 e. The molecule has 2 fully saturated rings. The number of hydrogen-bond donors (Lipinski definition) is 8. The summed E-state index contributed by atoms with van der Waals surface area (Å²) in [7, 11) is 2.95. The van der Waals surface area contributed by atoms with Crippen molar-refractivity contribution < 1.29 is 48.8 Å². The van der Waals surface area contributed by atoms with Crippen LogP contribution < -0.4 is 32.7 Å². The van der Waals surface area contributed by atoms with Crippen LogP contribution in [0.3, 0.4) is 0 Å². The number of aliphatic hydroxyl groups excluding tert-OH is 3. The highest BCUT2D eigenvalue weighted by Gasteiger charge is 2.44. The van der Waals surface area contributed by atoms with Gasteiger partial charge < -0.3 is 51.8 Å². The van der Waals surface area contributed by atoms with Crippen molar-refractivity contribution >= 4 is 57.1 Å². The van der Waals surface area contributed by atoms with Crippen molar-refractivity contribution in [3.63, 3.8) is 0 Å². The number of fused-ring (bicyclic) bond motifs is 7. The highest BCUT2D eigenvalue weighted by Crippen LogP contribution is 2.28. The number of carbonyl (C=O) groups is 5. The predicted molar refractivity (Wildman–Crippen MR) is 194 cm³/mol. The smallest absolute Gasteiger partial charge is 0.354 e. The Kier molecular flexibility index (Phi) is 16.7. The minimum absolute atomic E-state index is 0.0445. The van der Waals surface area contributed by atoms with E-state index in [0.29, 0.717) is 12.2 Å². The summed E-state index contributed by atoms with van der Waals surface area (Å²) in [5.41, 5.74) is 4.41. The van der Waals surface area contributed by atoms with Crippen LogP contribution in [0.15, 0.2) is 35.0 Å². The first-order chi connectivity index (χ1) is 25.1. The molecule has 0 unspecified atom stereocenters. The normalized spacial score (nSPS) is 30.7. The number of anilines is 1. The van der Waals surface area contributed by atoms with E-state index in [1.807, 2.05) is 6.08 Å². The Labute approximate surface area is 313 Å². The van der Waals surface area contributed by atoms with Crippen molar-refractivity contribution in [2.24, 2.45) is 11.8 Å². The number of ether oxygens (including phenoxy) is 2. The van der Waals surface area contributed by atoms with Gasteiger partial charge in [-0.1, -0.05) is 61.4 Å². The molecule has 2 bridgehead atoms. The topological polar surface area (TPSA) is 286 Å². The van der Waals surface area contributed by atoms with Gasteiger partial charge in [0.2, 0.25) is 23.7 Å². The van der Waals surface area contributed by atoms with E-state index in [4.69, 9.17) is 20.3 Å². The summed E-state index contributed by atoms with van der Waals surface area (Å²) in [6.45, 7) is 8.19. The average Bonchev–Trinajstić information content (AvgIpc) is 3.38. The van der Waals surface area contributed by atoms with E-state index in [2.05, 4.69) is 31.2 Å². The number of nitrogen functional groups attached to an aromatic ring is 1. The molecule has 4 rings (SSSR count). The lowest BCUT2D eigenvalue weighted by Crippen LogP contribution is -2.57. The van der Waals surface area contributed by atoms with Gasteiger partial charge in [0.1, 0.15) is 54.6 Å². The molecule has 0 aliphatic carbocycles. The number of rotatable bonds is 4. The molecule has 9 N–H and O–H groups in total.